The first kappa shape index (κ1) is 10.5. The first-order valence-corrected chi connectivity index (χ1v) is 5.31. The van der Waals surface area contributed by atoms with E-state index in [1.165, 1.54) is 5.56 Å². The Bertz CT molecular complexity index is 289. The second-order valence-electron chi connectivity index (χ2n) is 3.11. The van der Waals surface area contributed by atoms with Gasteiger partial charge < -0.3 is 0 Å². The van der Waals surface area contributed by atoms with Crippen LogP contribution in [0.1, 0.15) is 29.3 Å². The Balaban J connectivity index is 2.83. The van der Waals surface area contributed by atoms with Crippen LogP contribution in [0.3, 0.4) is 0 Å². The molecule has 1 nitrogen and oxygen atoms in total. The van der Waals surface area contributed by atoms with Crippen LogP contribution < -0.4 is 0 Å². The van der Waals surface area contributed by atoms with Gasteiger partial charge in [0.2, 0.25) is 0 Å². The number of aryl methyl sites for hydroxylation is 1. The van der Waals surface area contributed by atoms with Gasteiger partial charge in [-0.05, 0) is 13.3 Å². The zero-order chi connectivity index (χ0) is 9.84. The van der Waals surface area contributed by atoms with Gasteiger partial charge in [-0.2, -0.15) is 0 Å². The molecular weight excluding hydrogens is 228 g/mol. The van der Waals surface area contributed by atoms with Crippen LogP contribution >= 0.6 is 15.9 Å². The number of carbonyl (C=O) groups is 1. The van der Waals surface area contributed by atoms with Crippen LogP contribution in [0.4, 0.5) is 0 Å². The Kier molecular flexibility index (Phi) is 3.67. The number of Topliss-reactive ketones (excluding diaryl/α,β-unsaturated/α-hetero) is 1. The Morgan fingerprint density at radius 1 is 1.38 bits per heavy atom. The normalized spacial score (nSPS) is 12.5. The van der Waals surface area contributed by atoms with Gasteiger partial charge in [0, 0.05) is 5.56 Å². The molecule has 1 aromatic rings. The second-order valence-corrected chi connectivity index (χ2v) is 4.21. The summed E-state index contributed by atoms with van der Waals surface area (Å²) in [4.78, 5) is 11.6. The highest BCUT2D eigenvalue weighted by Crippen LogP contribution is 2.13. The molecule has 70 valence electrons. The van der Waals surface area contributed by atoms with E-state index in [2.05, 4.69) is 15.9 Å². The predicted octanol–water partition coefficient (Wildman–Crippen LogP) is 3.35. The average Bonchev–Trinajstić information content (AvgIpc) is 2.17. The standard InChI is InChI=1S/C11H13BrO/c1-3-10(12)11(13)9-6-4-8(2)5-7-9/h4-7,10H,3H2,1-2H3/t10-/m1/s1. The summed E-state index contributed by atoms with van der Waals surface area (Å²) in [6, 6.07) is 7.68. The Labute approximate surface area is 87.3 Å². The minimum atomic E-state index is -0.0461. The first-order chi connectivity index (χ1) is 6.15. The molecule has 0 N–H and O–H groups in total. The summed E-state index contributed by atoms with van der Waals surface area (Å²) in [7, 11) is 0. The highest BCUT2D eigenvalue weighted by Gasteiger charge is 2.13. The molecule has 0 saturated heterocycles. The molecule has 0 amide bonds. The van der Waals surface area contributed by atoms with Crippen LogP contribution in [0.5, 0.6) is 0 Å². The van der Waals surface area contributed by atoms with Gasteiger partial charge in [-0.1, -0.05) is 52.7 Å². The molecule has 1 rings (SSSR count). The number of halogens is 1. The van der Waals surface area contributed by atoms with Gasteiger partial charge in [0.25, 0.3) is 0 Å². The highest BCUT2D eigenvalue weighted by atomic mass is 79.9. The van der Waals surface area contributed by atoms with Crippen LogP contribution in [0.2, 0.25) is 0 Å². The van der Waals surface area contributed by atoms with E-state index in [-0.39, 0.29) is 10.6 Å². The zero-order valence-electron chi connectivity index (χ0n) is 7.88. The zero-order valence-corrected chi connectivity index (χ0v) is 9.47. The van der Waals surface area contributed by atoms with Crippen molar-refractivity contribution in [1.29, 1.82) is 0 Å². The fourth-order valence-corrected chi connectivity index (χ4v) is 1.35. The molecule has 0 aliphatic heterocycles. The molecule has 0 radical (unpaired) electrons. The van der Waals surface area contributed by atoms with Crippen LogP contribution in [-0.2, 0) is 0 Å². The number of hydrogen-bond acceptors (Lipinski definition) is 1. The minimum absolute atomic E-state index is 0.0461. The van der Waals surface area contributed by atoms with Crippen LogP contribution in [0.15, 0.2) is 24.3 Å². The van der Waals surface area contributed by atoms with E-state index < -0.39 is 0 Å². The van der Waals surface area contributed by atoms with E-state index in [1.807, 2.05) is 38.1 Å². The lowest BCUT2D eigenvalue weighted by molar-refractivity contribution is 0.0990. The molecule has 0 aromatic heterocycles. The third-order valence-electron chi connectivity index (χ3n) is 1.98. The molecule has 0 heterocycles. The van der Waals surface area contributed by atoms with Crippen LogP contribution in [0, 0.1) is 6.92 Å². The van der Waals surface area contributed by atoms with Crippen molar-refractivity contribution in [3.63, 3.8) is 0 Å². The third-order valence-corrected chi connectivity index (χ3v) is 3.04. The van der Waals surface area contributed by atoms with Crippen molar-refractivity contribution in [2.75, 3.05) is 0 Å². The van der Waals surface area contributed by atoms with Gasteiger partial charge in [-0.3, -0.25) is 4.79 Å². The SMILES string of the molecule is CC[C@@H](Br)C(=O)c1ccc(C)cc1. The van der Waals surface area contributed by atoms with Gasteiger partial charge in [-0.15, -0.1) is 0 Å². The fourth-order valence-electron chi connectivity index (χ4n) is 1.08. The monoisotopic (exact) mass is 240 g/mol. The van der Waals surface area contributed by atoms with Gasteiger partial charge in [0.05, 0.1) is 4.83 Å². The summed E-state index contributed by atoms with van der Waals surface area (Å²) in [6.45, 7) is 4.01. The lowest BCUT2D eigenvalue weighted by atomic mass is 10.1. The van der Waals surface area contributed by atoms with E-state index in [4.69, 9.17) is 0 Å². The van der Waals surface area contributed by atoms with E-state index in [9.17, 15) is 4.79 Å². The molecule has 0 spiro atoms. The summed E-state index contributed by atoms with van der Waals surface area (Å²) < 4.78 is 0. The van der Waals surface area contributed by atoms with Crippen molar-refractivity contribution < 1.29 is 4.79 Å². The molecule has 1 aromatic carbocycles. The number of ketones is 1. The average molecular weight is 241 g/mol. The maximum absolute atomic E-state index is 11.6. The van der Waals surface area contributed by atoms with Crippen molar-refractivity contribution in [2.24, 2.45) is 0 Å². The smallest absolute Gasteiger partial charge is 0.176 e. The maximum atomic E-state index is 11.6. The molecular formula is C11H13BrO. The molecule has 0 unspecified atom stereocenters. The molecule has 1 atom stereocenters. The maximum Gasteiger partial charge on any atom is 0.176 e. The molecule has 0 fully saturated rings. The molecule has 0 bridgehead atoms. The predicted molar refractivity (Wildman–Crippen MR) is 58.5 cm³/mol. The molecule has 0 aliphatic rings. The summed E-state index contributed by atoms with van der Waals surface area (Å²) in [5.41, 5.74) is 1.97. The third kappa shape index (κ3) is 2.66. The van der Waals surface area contributed by atoms with E-state index >= 15 is 0 Å². The van der Waals surface area contributed by atoms with Crippen molar-refractivity contribution in [1.82, 2.24) is 0 Å². The van der Waals surface area contributed by atoms with E-state index in [0.29, 0.717) is 0 Å². The van der Waals surface area contributed by atoms with Gasteiger partial charge in [-0.25, -0.2) is 0 Å². The van der Waals surface area contributed by atoms with Gasteiger partial charge in [0.1, 0.15) is 0 Å². The Hall–Kier alpha value is -0.630. The molecule has 13 heavy (non-hydrogen) atoms. The van der Waals surface area contributed by atoms with Crippen molar-refractivity contribution in [3.05, 3.63) is 35.4 Å². The largest absolute Gasteiger partial charge is 0.293 e. The molecule has 0 saturated carbocycles. The van der Waals surface area contributed by atoms with E-state index in [1.54, 1.807) is 0 Å². The van der Waals surface area contributed by atoms with Crippen molar-refractivity contribution in [3.8, 4) is 0 Å². The lowest BCUT2D eigenvalue weighted by Gasteiger charge is -2.05. The summed E-state index contributed by atoms with van der Waals surface area (Å²) in [5.74, 6) is 0.169. The van der Waals surface area contributed by atoms with Crippen LogP contribution in [0.25, 0.3) is 0 Å². The van der Waals surface area contributed by atoms with Crippen molar-refractivity contribution >= 4 is 21.7 Å². The summed E-state index contributed by atoms with van der Waals surface area (Å²) in [6.07, 6.45) is 0.826. The van der Waals surface area contributed by atoms with E-state index in [0.717, 1.165) is 12.0 Å². The first-order valence-electron chi connectivity index (χ1n) is 4.40. The van der Waals surface area contributed by atoms with Gasteiger partial charge in [0.15, 0.2) is 5.78 Å². The quantitative estimate of drug-likeness (QED) is 0.585. The molecule has 2 heteroatoms. The number of rotatable bonds is 3. The Morgan fingerprint density at radius 2 is 1.92 bits per heavy atom. The fraction of sp³-hybridized carbons (Fsp3) is 0.364. The molecule has 0 aliphatic carbocycles. The summed E-state index contributed by atoms with van der Waals surface area (Å²) in [5, 5.41) is 0. The lowest BCUT2D eigenvalue weighted by Crippen LogP contribution is -2.12. The Morgan fingerprint density at radius 3 is 2.38 bits per heavy atom. The number of carbonyl (C=O) groups excluding carboxylic acids is 1. The van der Waals surface area contributed by atoms with Crippen LogP contribution in [-0.4, -0.2) is 10.6 Å². The summed E-state index contributed by atoms with van der Waals surface area (Å²) >= 11 is 3.35. The number of benzene rings is 1. The minimum Gasteiger partial charge on any atom is -0.293 e. The van der Waals surface area contributed by atoms with Gasteiger partial charge >= 0.3 is 0 Å². The second kappa shape index (κ2) is 4.56. The number of hydrogen-bond donors (Lipinski definition) is 0. The highest BCUT2D eigenvalue weighted by molar-refractivity contribution is 9.10. The van der Waals surface area contributed by atoms with Crippen molar-refractivity contribution in [2.45, 2.75) is 25.1 Å². The number of alkyl halides is 1. The topological polar surface area (TPSA) is 17.1 Å².